The van der Waals surface area contributed by atoms with E-state index in [1.165, 1.54) is 11.3 Å². The fraction of sp³-hybridized carbons (Fsp3) is 0.300. The number of nitrogens with one attached hydrogen (secondary N) is 1. The second kappa shape index (κ2) is 7.83. The minimum atomic E-state index is -0.167. The van der Waals surface area contributed by atoms with Crippen LogP contribution in [-0.4, -0.2) is 43.6 Å². The molecule has 0 spiro atoms. The first-order valence-corrected chi connectivity index (χ1v) is 8.59. The lowest BCUT2D eigenvalue weighted by Gasteiger charge is -2.37. The van der Waals surface area contributed by atoms with E-state index in [1.54, 1.807) is 12.3 Å². The van der Waals surface area contributed by atoms with E-state index in [0.717, 1.165) is 31.9 Å². The highest BCUT2D eigenvalue weighted by atomic mass is 16.1. The molecule has 1 N–H and O–H groups in total. The summed E-state index contributed by atoms with van der Waals surface area (Å²) in [5.41, 5.74) is 4.05. The van der Waals surface area contributed by atoms with Gasteiger partial charge in [-0.2, -0.15) is 0 Å². The molecule has 0 radical (unpaired) electrons. The van der Waals surface area contributed by atoms with Gasteiger partial charge in [0.1, 0.15) is 5.69 Å². The Labute approximate surface area is 149 Å². The monoisotopic (exact) mass is 336 g/mol. The summed E-state index contributed by atoms with van der Waals surface area (Å²) in [6, 6.07) is 12.4. The molecule has 1 aliphatic rings. The smallest absolute Gasteiger partial charge is 0.270 e. The summed E-state index contributed by atoms with van der Waals surface area (Å²) >= 11 is 0. The molecule has 0 unspecified atom stereocenters. The Bertz CT molecular complexity index is 751. The van der Waals surface area contributed by atoms with Crippen molar-refractivity contribution < 1.29 is 4.79 Å². The Balaban J connectivity index is 1.65. The van der Waals surface area contributed by atoms with Crippen molar-refractivity contribution in [3.63, 3.8) is 0 Å². The zero-order valence-electron chi connectivity index (χ0n) is 14.6. The van der Waals surface area contributed by atoms with Crippen LogP contribution < -0.4 is 15.1 Å². The summed E-state index contributed by atoms with van der Waals surface area (Å²) in [6.07, 6.45) is 3.36. The van der Waals surface area contributed by atoms with Gasteiger partial charge in [0.2, 0.25) is 0 Å². The first-order valence-electron chi connectivity index (χ1n) is 8.59. The molecule has 2 aromatic rings. The number of anilines is 2. The van der Waals surface area contributed by atoms with E-state index in [0.29, 0.717) is 12.2 Å². The number of carbonyl (C=O) groups excluding carboxylic acids is 1. The number of hydrogen-bond donors (Lipinski definition) is 1. The van der Waals surface area contributed by atoms with E-state index >= 15 is 0 Å². The zero-order valence-corrected chi connectivity index (χ0v) is 14.6. The van der Waals surface area contributed by atoms with Gasteiger partial charge in [0.05, 0.1) is 0 Å². The van der Waals surface area contributed by atoms with Crippen LogP contribution in [0.4, 0.5) is 11.4 Å². The third kappa shape index (κ3) is 4.18. The first-order chi connectivity index (χ1) is 12.2. The van der Waals surface area contributed by atoms with Gasteiger partial charge in [0.15, 0.2) is 0 Å². The van der Waals surface area contributed by atoms with Gasteiger partial charge in [-0.05, 0) is 36.8 Å². The molecular formula is C20H24N4O. The standard InChI is InChI=1S/C20H24N4O/c1-3-8-22-20(25)19-15-18(7-9-21-19)24-12-10-23(11-13-24)17-6-4-5-16(2)14-17/h3-7,9,14-15H,1,8,10-13H2,2H3,(H,22,25). The predicted molar refractivity (Wildman–Crippen MR) is 102 cm³/mol. The molecule has 0 atom stereocenters. The normalized spacial score (nSPS) is 14.3. The summed E-state index contributed by atoms with van der Waals surface area (Å²) in [5.74, 6) is -0.167. The molecule has 1 saturated heterocycles. The van der Waals surface area contributed by atoms with Gasteiger partial charge in [-0.25, -0.2) is 0 Å². The predicted octanol–water partition coefficient (Wildman–Crippen LogP) is 2.63. The third-order valence-corrected chi connectivity index (χ3v) is 4.39. The van der Waals surface area contributed by atoms with Crippen molar-refractivity contribution in [3.8, 4) is 0 Å². The average molecular weight is 336 g/mol. The molecule has 0 saturated carbocycles. The highest BCUT2D eigenvalue weighted by Gasteiger charge is 2.18. The van der Waals surface area contributed by atoms with Crippen LogP contribution >= 0.6 is 0 Å². The highest BCUT2D eigenvalue weighted by Crippen LogP contribution is 2.21. The van der Waals surface area contributed by atoms with Crippen LogP contribution in [0.15, 0.2) is 55.3 Å². The fourth-order valence-corrected chi connectivity index (χ4v) is 3.04. The van der Waals surface area contributed by atoms with Crippen LogP contribution in [-0.2, 0) is 0 Å². The summed E-state index contributed by atoms with van der Waals surface area (Å²) in [6.45, 7) is 9.94. The number of aromatic nitrogens is 1. The number of hydrogen-bond acceptors (Lipinski definition) is 4. The number of carbonyl (C=O) groups is 1. The fourth-order valence-electron chi connectivity index (χ4n) is 3.04. The Morgan fingerprint density at radius 3 is 2.48 bits per heavy atom. The Kier molecular flexibility index (Phi) is 5.33. The van der Waals surface area contributed by atoms with Gasteiger partial charge < -0.3 is 15.1 Å². The topological polar surface area (TPSA) is 48.5 Å². The minimum Gasteiger partial charge on any atom is -0.368 e. The maximum Gasteiger partial charge on any atom is 0.270 e. The molecule has 1 aromatic heterocycles. The van der Waals surface area contributed by atoms with Crippen molar-refractivity contribution in [3.05, 3.63) is 66.5 Å². The summed E-state index contributed by atoms with van der Waals surface area (Å²) < 4.78 is 0. The van der Waals surface area contributed by atoms with E-state index < -0.39 is 0 Å². The number of pyridine rings is 1. The molecule has 5 nitrogen and oxygen atoms in total. The van der Waals surface area contributed by atoms with Crippen molar-refractivity contribution in [1.82, 2.24) is 10.3 Å². The van der Waals surface area contributed by atoms with Gasteiger partial charge in [-0.1, -0.05) is 18.2 Å². The molecule has 0 aliphatic carbocycles. The maximum absolute atomic E-state index is 12.1. The van der Waals surface area contributed by atoms with Gasteiger partial charge in [0.25, 0.3) is 5.91 Å². The van der Waals surface area contributed by atoms with Crippen molar-refractivity contribution in [2.45, 2.75) is 6.92 Å². The van der Waals surface area contributed by atoms with Crippen LogP contribution in [0.5, 0.6) is 0 Å². The van der Waals surface area contributed by atoms with Crippen molar-refractivity contribution in [2.24, 2.45) is 0 Å². The molecule has 1 fully saturated rings. The van der Waals surface area contributed by atoms with Crippen LogP contribution in [0.1, 0.15) is 16.1 Å². The van der Waals surface area contributed by atoms with Gasteiger partial charge in [-0.3, -0.25) is 9.78 Å². The van der Waals surface area contributed by atoms with Crippen LogP contribution in [0.3, 0.4) is 0 Å². The minimum absolute atomic E-state index is 0.167. The molecule has 0 bridgehead atoms. The SMILES string of the molecule is C=CCNC(=O)c1cc(N2CCN(c3cccc(C)c3)CC2)ccn1. The first kappa shape index (κ1) is 17.0. The molecule has 1 amide bonds. The second-order valence-electron chi connectivity index (χ2n) is 6.21. The number of piperazine rings is 1. The largest absolute Gasteiger partial charge is 0.368 e. The molecule has 2 heterocycles. The van der Waals surface area contributed by atoms with Gasteiger partial charge >= 0.3 is 0 Å². The number of amides is 1. The van der Waals surface area contributed by atoms with Crippen molar-refractivity contribution in [2.75, 3.05) is 42.5 Å². The molecule has 1 aromatic carbocycles. The molecule has 25 heavy (non-hydrogen) atoms. The lowest BCUT2D eigenvalue weighted by Crippen LogP contribution is -2.46. The van der Waals surface area contributed by atoms with E-state index in [1.807, 2.05) is 12.1 Å². The van der Waals surface area contributed by atoms with Crippen molar-refractivity contribution in [1.29, 1.82) is 0 Å². The number of nitrogens with zero attached hydrogens (tertiary/aromatic N) is 3. The molecule has 3 rings (SSSR count). The molecule has 1 aliphatic heterocycles. The number of rotatable bonds is 5. The van der Waals surface area contributed by atoms with Crippen molar-refractivity contribution >= 4 is 17.3 Å². The maximum atomic E-state index is 12.1. The third-order valence-electron chi connectivity index (χ3n) is 4.39. The van der Waals surface area contributed by atoms with Crippen LogP contribution in [0.25, 0.3) is 0 Å². The highest BCUT2D eigenvalue weighted by molar-refractivity contribution is 5.93. The van der Waals surface area contributed by atoms with Crippen LogP contribution in [0, 0.1) is 6.92 Å². The lowest BCUT2D eigenvalue weighted by atomic mass is 10.2. The van der Waals surface area contributed by atoms with E-state index in [-0.39, 0.29) is 5.91 Å². The second-order valence-corrected chi connectivity index (χ2v) is 6.21. The van der Waals surface area contributed by atoms with E-state index in [4.69, 9.17) is 0 Å². The van der Waals surface area contributed by atoms with Gasteiger partial charge in [-0.15, -0.1) is 6.58 Å². The summed E-state index contributed by atoms with van der Waals surface area (Å²) in [7, 11) is 0. The lowest BCUT2D eigenvalue weighted by molar-refractivity contribution is 0.0953. The zero-order chi connectivity index (χ0) is 17.6. The molecule has 130 valence electrons. The summed E-state index contributed by atoms with van der Waals surface area (Å²) in [4.78, 5) is 20.9. The Morgan fingerprint density at radius 1 is 1.16 bits per heavy atom. The molecule has 5 heteroatoms. The number of aryl methyl sites for hydroxylation is 1. The Morgan fingerprint density at radius 2 is 1.84 bits per heavy atom. The van der Waals surface area contributed by atoms with Gasteiger partial charge in [0, 0.05) is 50.3 Å². The molecular weight excluding hydrogens is 312 g/mol. The quantitative estimate of drug-likeness (QED) is 0.853. The summed E-state index contributed by atoms with van der Waals surface area (Å²) in [5, 5.41) is 2.77. The van der Waals surface area contributed by atoms with E-state index in [2.05, 4.69) is 57.9 Å². The van der Waals surface area contributed by atoms with E-state index in [9.17, 15) is 4.79 Å². The number of benzene rings is 1. The Hall–Kier alpha value is -2.82. The average Bonchev–Trinajstić information content (AvgIpc) is 2.66. The van der Waals surface area contributed by atoms with Crippen LogP contribution in [0.2, 0.25) is 0 Å².